The van der Waals surface area contributed by atoms with E-state index >= 15 is 0 Å². The molecule has 0 spiro atoms. The van der Waals surface area contributed by atoms with Gasteiger partial charge in [-0.05, 0) is 34.2 Å². The lowest BCUT2D eigenvalue weighted by Crippen LogP contribution is -2.10. The van der Waals surface area contributed by atoms with Crippen molar-refractivity contribution in [2.75, 3.05) is 14.2 Å². The van der Waals surface area contributed by atoms with E-state index in [1.165, 1.54) is 5.56 Å². The second kappa shape index (κ2) is 6.62. The number of halogens is 1. The summed E-state index contributed by atoms with van der Waals surface area (Å²) >= 11 is 6.05. The van der Waals surface area contributed by atoms with Crippen LogP contribution >= 0.6 is 11.6 Å². The van der Waals surface area contributed by atoms with Crippen LogP contribution in [0.15, 0.2) is 36.4 Å². The maximum atomic E-state index is 6.05. The molecule has 0 N–H and O–H groups in total. The molecule has 0 heterocycles. The van der Waals surface area contributed by atoms with E-state index in [0.29, 0.717) is 17.4 Å². The van der Waals surface area contributed by atoms with E-state index in [1.807, 2.05) is 6.07 Å². The zero-order chi connectivity index (χ0) is 16.3. The Morgan fingerprint density at radius 1 is 0.909 bits per heavy atom. The minimum atomic E-state index is 0.150. The van der Waals surface area contributed by atoms with Crippen molar-refractivity contribution in [3.05, 3.63) is 47.5 Å². The summed E-state index contributed by atoms with van der Waals surface area (Å²) in [4.78, 5) is 0. The summed E-state index contributed by atoms with van der Waals surface area (Å²) in [7, 11) is 3.27. The standard InChI is InChI=1S/C19H23ClO2/c1-19(2,3)16-8-6-13(7-9-16)14-10-15(12-20)18(22-5)17(11-14)21-4/h6-11H,12H2,1-5H3. The summed E-state index contributed by atoms with van der Waals surface area (Å²) in [6.07, 6.45) is 0. The van der Waals surface area contributed by atoms with Gasteiger partial charge < -0.3 is 9.47 Å². The number of rotatable bonds is 4. The van der Waals surface area contributed by atoms with E-state index in [2.05, 4.69) is 51.1 Å². The van der Waals surface area contributed by atoms with Crippen LogP contribution in [0, 0.1) is 0 Å². The summed E-state index contributed by atoms with van der Waals surface area (Å²) in [5, 5.41) is 0. The van der Waals surface area contributed by atoms with Crippen LogP contribution in [0.3, 0.4) is 0 Å². The summed E-state index contributed by atoms with van der Waals surface area (Å²) in [5.74, 6) is 1.79. The number of alkyl halides is 1. The Balaban J connectivity index is 2.48. The number of benzene rings is 2. The topological polar surface area (TPSA) is 18.5 Å². The maximum absolute atomic E-state index is 6.05. The fraction of sp³-hybridized carbons (Fsp3) is 0.368. The van der Waals surface area contributed by atoms with Crippen LogP contribution in [-0.2, 0) is 11.3 Å². The fourth-order valence-corrected chi connectivity index (χ4v) is 2.67. The first-order chi connectivity index (χ1) is 10.4. The summed E-state index contributed by atoms with van der Waals surface area (Å²) in [5.41, 5.74) is 4.61. The maximum Gasteiger partial charge on any atom is 0.165 e. The van der Waals surface area contributed by atoms with Gasteiger partial charge in [-0.15, -0.1) is 11.6 Å². The van der Waals surface area contributed by atoms with Crippen molar-refractivity contribution in [2.24, 2.45) is 0 Å². The molecule has 2 rings (SSSR count). The molecule has 2 nitrogen and oxygen atoms in total. The molecule has 0 fully saturated rings. The van der Waals surface area contributed by atoms with Crippen molar-refractivity contribution in [1.29, 1.82) is 0 Å². The Bertz CT molecular complexity index is 614. The van der Waals surface area contributed by atoms with Crippen molar-refractivity contribution in [3.8, 4) is 22.6 Å². The van der Waals surface area contributed by atoms with Gasteiger partial charge in [0.05, 0.1) is 20.1 Å². The van der Waals surface area contributed by atoms with Crippen LogP contribution in [-0.4, -0.2) is 14.2 Å². The van der Waals surface area contributed by atoms with Crippen molar-refractivity contribution in [3.63, 3.8) is 0 Å². The van der Waals surface area contributed by atoms with Crippen molar-refractivity contribution >= 4 is 11.6 Å². The lowest BCUT2D eigenvalue weighted by Gasteiger charge is -2.19. The average molecular weight is 319 g/mol. The zero-order valence-electron chi connectivity index (χ0n) is 13.9. The Morgan fingerprint density at radius 2 is 1.55 bits per heavy atom. The normalized spacial score (nSPS) is 11.4. The van der Waals surface area contributed by atoms with Crippen LogP contribution in [0.5, 0.6) is 11.5 Å². The highest BCUT2D eigenvalue weighted by Crippen LogP contribution is 2.37. The highest BCUT2D eigenvalue weighted by Gasteiger charge is 2.15. The van der Waals surface area contributed by atoms with Gasteiger partial charge in [-0.1, -0.05) is 45.0 Å². The molecular weight excluding hydrogens is 296 g/mol. The van der Waals surface area contributed by atoms with Gasteiger partial charge in [0, 0.05) is 5.56 Å². The molecule has 0 amide bonds. The highest BCUT2D eigenvalue weighted by molar-refractivity contribution is 6.17. The Hall–Kier alpha value is -1.67. The van der Waals surface area contributed by atoms with E-state index in [1.54, 1.807) is 14.2 Å². The van der Waals surface area contributed by atoms with E-state index in [0.717, 1.165) is 16.7 Å². The van der Waals surface area contributed by atoms with E-state index in [-0.39, 0.29) is 5.41 Å². The van der Waals surface area contributed by atoms with Gasteiger partial charge in [-0.3, -0.25) is 0 Å². The fourth-order valence-electron chi connectivity index (χ4n) is 2.47. The molecule has 2 aromatic rings. The second-order valence-electron chi connectivity index (χ2n) is 6.33. The number of ether oxygens (including phenoxy) is 2. The Morgan fingerprint density at radius 3 is 2.00 bits per heavy atom. The van der Waals surface area contributed by atoms with Gasteiger partial charge >= 0.3 is 0 Å². The first-order valence-electron chi connectivity index (χ1n) is 7.32. The first-order valence-corrected chi connectivity index (χ1v) is 7.86. The van der Waals surface area contributed by atoms with E-state index in [4.69, 9.17) is 21.1 Å². The molecular formula is C19H23ClO2. The lowest BCUT2D eigenvalue weighted by atomic mass is 9.86. The molecule has 0 radical (unpaired) electrons. The summed E-state index contributed by atoms with van der Waals surface area (Å²) in [6, 6.07) is 12.7. The van der Waals surface area contributed by atoms with E-state index < -0.39 is 0 Å². The minimum Gasteiger partial charge on any atom is -0.493 e. The second-order valence-corrected chi connectivity index (χ2v) is 6.60. The van der Waals surface area contributed by atoms with Gasteiger partial charge in [0.15, 0.2) is 11.5 Å². The van der Waals surface area contributed by atoms with E-state index in [9.17, 15) is 0 Å². The third-order valence-electron chi connectivity index (χ3n) is 3.78. The van der Waals surface area contributed by atoms with Crippen molar-refractivity contribution in [1.82, 2.24) is 0 Å². The molecule has 0 aliphatic rings. The summed E-state index contributed by atoms with van der Waals surface area (Å²) < 4.78 is 10.8. The molecule has 0 bridgehead atoms. The van der Waals surface area contributed by atoms with Crippen LogP contribution in [0.1, 0.15) is 31.9 Å². The van der Waals surface area contributed by atoms with Crippen molar-refractivity contribution < 1.29 is 9.47 Å². The molecule has 0 aromatic heterocycles. The molecule has 0 unspecified atom stereocenters. The molecule has 0 saturated carbocycles. The van der Waals surface area contributed by atoms with Crippen LogP contribution in [0.2, 0.25) is 0 Å². The third kappa shape index (κ3) is 3.38. The number of hydrogen-bond donors (Lipinski definition) is 0. The molecule has 0 atom stereocenters. The quantitative estimate of drug-likeness (QED) is 0.702. The first kappa shape index (κ1) is 16.7. The molecule has 2 aromatic carbocycles. The highest BCUT2D eigenvalue weighted by atomic mass is 35.5. The van der Waals surface area contributed by atoms with Gasteiger partial charge in [0.1, 0.15) is 0 Å². The smallest absolute Gasteiger partial charge is 0.165 e. The molecule has 3 heteroatoms. The third-order valence-corrected chi connectivity index (χ3v) is 4.07. The van der Waals surface area contributed by atoms with Gasteiger partial charge in [-0.2, -0.15) is 0 Å². The molecule has 22 heavy (non-hydrogen) atoms. The molecule has 0 aliphatic heterocycles. The largest absolute Gasteiger partial charge is 0.493 e. The Labute approximate surface area is 138 Å². The van der Waals surface area contributed by atoms with Gasteiger partial charge in [0.25, 0.3) is 0 Å². The van der Waals surface area contributed by atoms with Gasteiger partial charge in [-0.25, -0.2) is 0 Å². The lowest BCUT2D eigenvalue weighted by molar-refractivity contribution is 0.353. The molecule has 0 saturated heterocycles. The van der Waals surface area contributed by atoms with Crippen LogP contribution in [0.25, 0.3) is 11.1 Å². The predicted octanol–water partition coefficient (Wildman–Crippen LogP) is 5.41. The van der Waals surface area contributed by atoms with Gasteiger partial charge in [0.2, 0.25) is 0 Å². The minimum absolute atomic E-state index is 0.150. The molecule has 118 valence electrons. The zero-order valence-corrected chi connectivity index (χ0v) is 14.6. The monoisotopic (exact) mass is 318 g/mol. The molecule has 0 aliphatic carbocycles. The average Bonchev–Trinajstić information content (AvgIpc) is 2.52. The van der Waals surface area contributed by atoms with Crippen molar-refractivity contribution in [2.45, 2.75) is 32.1 Å². The van der Waals surface area contributed by atoms with Crippen LogP contribution in [0.4, 0.5) is 0 Å². The Kier molecular flexibility index (Phi) is 5.02. The number of methoxy groups -OCH3 is 2. The number of hydrogen-bond acceptors (Lipinski definition) is 2. The van der Waals surface area contributed by atoms with Crippen LogP contribution < -0.4 is 9.47 Å². The SMILES string of the molecule is COc1cc(-c2ccc(C(C)(C)C)cc2)cc(CCl)c1OC. The predicted molar refractivity (Wildman–Crippen MR) is 93.2 cm³/mol. The summed E-state index contributed by atoms with van der Waals surface area (Å²) in [6.45, 7) is 6.64.